The van der Waals surface area contributed by atoms with Crippen LogP contribution in [0.5, 0.6) is 5.75 Å². The highest BCUT2D eigenvalue weighted by molar-refractivity contribution is 5.98. The summed E-state index contributed by atoms with van der Waals surface area (Å²) in [7, 11) is 3.63. The van der Waals surface area contributed by atoms with Gasteiger partial charge >= 0.3 is 5.97 Å². The lowest BCUT2D eigenvalue weighted by Crippen LogP contribution is -1.97. The van der Waals surface area contributed by atoms with Crippen molar-refractivity contribution in [2.45, 2.75) is 6.92 Å². The molecule has 0 unspecified atom stereocenters. The first-order valence-corrected chi connectivity index (χ1v) is 6.85. The Morgan fingerprint density at radius 1 is 1.27 bits per heavy atom. The molecule has 0 atom stereocenters. The van der Waals surface area contributed by atoms with Gasteiger partial charge in [-0.1, -0.05) is 0 Å². The number of aromatic nitrogens is 2. The SMILES string of the molecule is COc1ccc2c(c1)c(-c1ccc(C(=O)O)cn1)c(C)n2C. The Morgan fingerprint density at radius 2 is 2.05 bits per heavy atom. The summed E-state index contributed by atoms with van der Waals surface area (Å²) in [6.07, 6.45) is 1.39. The zero-order chi connectivity index (χ0) is 15.9. The van der Waals surface area contributed by atoms with Gasteiger partial charge in [0.25, 0.3) is 0 Å². The molecule has 0 radical (unpaired) electrons. The topological polar surface area (TPSA) is 64.3 Å². The number of pyridine rings is 1. The summed E-state index contributed by atoms with van der Waals surface area (Å²) in [5.74, 6) is -0.197. The Hall–Kier alpha value is -2.82. The molecule has 3 aromatic rings. The van der Waals surface area contributed by atoms with Crippen LogP contribution in [0.1, 0.15) is 16.1 Å². The molecule has 0 spiro atoms. The van der Waals surface area contributed by atoms with Crippen LogP contribution in [-0.2, 0) is 7.05 Å². The molecule has 1 aromatic carbocycles. The van der Waals surface area contributed by atoms with Crippen LogP contribution in [0.4, 0.5) is 0 Å². The highest BCUT2D eigenvalue weighted by Gasteiger charge is 2.16. The number of aromatic carboxylic acids is 1. The fourth-order valence-corrected chi connectivity index (χ4v) is 2.67. The Morgan fingerprint density at radius 3 is 2.64 bits per heavy atom. The number of nitrogens with zero attached hydrogens (tertiary/aromatic N) is 2. The van der Waals surface area contributed by atoms with E-state index in [0.717, 1.165) is 33.6 Å². The van der Waals surface area contributed by atoms with E-state index in [1.807, 2.05) is 32.2 Å². The van der Waals surface area contributed by atoms with Gasteiger partial charge in [0.05, 0.1) is 18.4 Å². The fourth-order valence-electron chi connectivity index (χ4n) is 2.67. The van der Waals surface area contributed by atoms with E-state index in [9.17, 15) is 4.79 Å². The van der Waals surface area contributed by atoms with E-state index >= 15 is 0 Å². The Labute approximate surface area is 127 Å². The van der Waals surface area contributed by atoms with E-state index in [1.165, 1.54) is 6.20 Å². The Bertz CT molecular complexity index is 864. The second-order valence-electron chi connectivity index (χ2n) is 5.14. The number of carboxylic acids is 1. The molecule has 0 aliphatic heterocycles. The number of aryl methyl sites for hydroxylation is 1. The molecule has 2 heterocycles. The van der Waals surface area contributed by atoms with Gasteiger partial charge < -0.3 is 14.4 Å². The zero-order valence-electron chi connectivity index (χ0n) is 12.6. The van der Waals surface area contributed by atoms with Crippen molar-refractivity contribution in [2.75, 3.05) is 7.11 Å². The van der Waals surface area contributed by atoms with Crippen LogP contribution in [0.15, 0.2) is 36.5 Å². The summed E-state index contributed by atoms with van der Waals surface area (Å²) >= 11 is 0. The minimum absolute atomic E-state index is 0.180. The number of carboxylic acid groups (broad SMARTS) is 1. The van der Waals surface area contributed by atoms with Crippen LogP contribution in [0.2, 0.25) is 0 Å². The summed E-state index contributed by atoms with van der Waals surface area (Å²) in [5, 5.41) is 10.0. The van der Waals surface area contributed by atoms with Crippen LogP contribution >= 0.6 is 0 Å². The van der Waals surface area contributed by atoms with E-state index in [0.29, 0.717) is 0 Å². The van der Waals surface area contributed by atoms with Crippen molar-refractivity contribution in [2.24, 2.45) is 7.05 Å². The predicted molar refractivity (Wildman–Crippen MR) is 84.4 cm³/mol. The number of fused-ring (bicyclic) bond motifs is 1. The molecule has 1 N–H and O–H groups in total. The van der Waals surface area contributed by atoms with Crippen molar-refractivity contribution < 1.29 is 14.6 Å². The van der Waals surface area contributed by atoms with Crippen molar-refractivity contribution in [3.8, 4) is 17.0 Å². The van der Waals surface area contributed by atoms with Gasteiger partial charge in [-0.3, -0.25) is 4.98 Å². The van der Waals surface area contributed by atoms with Gasteiger partial charge in [0.2, 0.25) is 0 Å². The van der Waals surface area contributed by atoms with E-state index < -0.39 is 5.97 Å². The minimum atomic E-state index is -0.977. The zero-order valence-corrected chi connectivity index (χ0v) is 12.6. The number of carbonyl (C=O) groups is 1. The first-order chi connectivity index (χ1) is 10.5. The average Bonchev–Trinajstić information content (AvgIpc) is 2.78. The number of rotatable bonds is 3. The van der Waals surface area contributed by atoms with Crippen molar-refractivity contribution in [3.63, 3.8) is 0 Å². The Balaban J connectivity index is 2.24. The normalized spacial score (nSPS) is 10.9. The van der Waals surface area contributed by atoms with Crippen LogP contribution in [-0.4, -0.2) is 27.7 Å². The molecule has 2 aromatic heterocycles. The van der Waals surface area contributed by atoms with Crippen molar-refractivity contribution in [3.05, 3.63) is 47.8 Å². The van der Waals surface area contributed by atoms with Crippen LogP contribution in [0.3, 0.4) is 0 Å². The highest BCUT2D eigenvalue weighted by atomic mass is 16.5. The molecule has 0 amide bonds. The standard InChI is InChI=1S/C17H16N2O3/c1-10-16(14-6-4-11(9-18-14)17(20)21)13-8-12(22-3)5-7-15(13)19(10)2/h4-9H,1-3H3,(H,20,21). The quantitative estimate of drug-likeness (QED) is 0.805. The van der Waals surface area contributed by atoms with Gasteiger partial charge in [0.15, 0.2) is 0 Å². The summed E-state index contributed by atoms with van der Waals surface area (Å²) in [6.45, 7) is 2.02. The highest BCUT2D eigenvalue weighted by Crippen LogP contribution is 2.35. The molecular formula is C17H16N2O3. The van der Waals surface area contributed by atoms with E-state index in [-0.39, 0.29) is 5.56 Å². The monoisotopic (exact) mass is 296 g/mol. The van der Waals surface area contributed by atoms with Gasteiger partial charge in [0.1, 0.15) is 5.75 Å². The van der Waals surface area contributed by atoms with E-state index in [1.54, 1.807) is 19.2 Å². The molecule has 0 bridgehead atoms. The molecule has 0 aliphatic rings. The molecule has 3 rings (SSSR count). The first kappa shape index (κ1) is 14.1. The van der Waals surface area contributed by atoms with Crippen LogP contribution in [0.25, 0.3) is 22.2 Å². The van der Waals surface area contributed by atoms with E-state index in [2.05, 4.69) is 9.55 Å². The van der Waals surface area contributed by atoms with E-state index in [4.69, 9.17) is 9.84 Å². The molecule has 112 valence electrons. The average molecular weight is 296 g/mol. The molecular weight excluding hydrogens is 280 g/mol. The predicted octanol–water partition coefficient (Wildman–Crippen LogP) is 3.26. The maximum absolute atomic E-state index is 11.0. The number of ether oxygens (including phenoxy) is 1. The number of methoxy groups -OCH3 is 1. The number of hydrogen-bond donors (Lipinski definition) is 1. The number of benzene rings is 1. The maximum atomic E-state index is 11.0. The minimum Gasteiger partial charge on any atom is -0.497 e. The van der Waals surface area contributed by atoms with Gasteiger partial charge in [-0.25, -0.2) is 4.79 Å². The summed E-state index contributed by atoms with van der Waals surface area (Å²) in [4.78, 5) is 15.3. The molecule has 0 aliphatic carbocycles. The molecule has 0 saturated carbocycles. The third-order valence-electron chi connectivity index (χ3n) is 3.97. The third-order valence-corrected chi connectivity index (χ3v) is 3.97. The van der Waals surface area contributed by atoms with Crippen molar-refractivity contribution in [1.82, 2.24) is 9.55 Å². The molecule has 0 saturated heterocycles. The van der Waals surface area contributed by atoms with Crippen molar-refractivity contribution in [1.29, 1.82) is 0 Å². The first-order valence-electron chi connectivity index (χ1n) is 6.85. The summed E-state index contributed by atoms with van der Waals surface area (Å²) in [5.41, 5.74) is 4.07. The van der Waals surface area contributed by atoms with Gasteiger partial charge in [-0.2, -0.15) is 0 Å². The van der Waals surface area contributed by atoms with Gasteiger partial charge in [-0.15, -0.1) is 0 Å². The third kappa shape index (κ3) is 2.11. The van der Waals surface area contributed by atoms with Crippen molar-refractivity contribution >= 4 is 16.9 Å². The van der Waals surface area contributed by atoms with Gasteiger partial charge in [0, 0.05) is 35.4 Å². The summed E-state index contributed by atoms with van der Waals surface area (Å²) in [6, 6.07) is 9.22. The lowest BCUT2D eigenvalue weighted by Gasteiger charge is -2.03. The second kappa shape index (κ2) is 5.18. The summed E-state index contributed by atoms with van der Waals surface area (Å²) < 4.78 is 7.40. The maximum Gasteiger partial charge on any atom is 0.337 e. The lowest BCUT2D eigenvalue weighted by atomic mass is 10.1. The van der Waals surface area contributed by atoms with Crippen LogP contribution in [0, 0.1) is 6.92 Å². The van der Waals surface area contributed by atoms with Crippen LogP contribution < -0.4 is 4.74 Å². The second-order valence-corrected chi connectivity index (χ2v) is 5.14. The smallest absolute Gasteiger partial charge is 0.337 e. The molecule has 5 heteroatoms. The Kier molecular flexibility index (Phi) is 3.33. The molecule has 0 fully saturated rings. The molecule has 5 nitrogen and oxygen atoms in total. The van der Waals surface area contributed by atoms with Gasteiger partial charge in [-0.05, 0) is 37.3 Å². The molecule has 22 heavy (non-hydrogen) atoms. The number of hydrogen-bond acceptors (Lipinski definition) is 3. The largest absolute Gasteiger partial charge is 0.497 e. The lowest BCUT2D eigenvalue weighted by molar-refractivity contribution is 0.0696. The fraction of sp³-hybridized carbons (Fsp3) is 0.176.